The second kappa shape index (κ2) is 7.84. The molecule has 0 bridgehead atoms. The Hall–Kier alpha value is -2.01. The van der Waals surface area contributed by atoms with Crippen molar-refractivity contribution in [2.75, 3.05) is 24.3 Å². The molecule has 2 rings (SSSR count). The Morgan fingerprint density at radius 2 is 2.09 bits per heavy atom. The highest BCUT2D eigenvalue weighted by molar-refractivity contribution is 6.32. The number of hydrogen-bond donors (Lipinski definition) is 2. The van der Waals surface area contributed by atoms with Crippen molar-refractivity contribution in [3.8, 4) is 5.75 Å². The van der Waals surface area contributed by atoms with Crippen LogP contribution < -0.4 is 15.4 Å². The lowest BCUT2D eigenvalue weighted by Gasteiger charge is -2.10. The number of rotatable bonds is 7. The summed E-state index contributed by atoms with van der Waals surface area (Å²) in [5.74, 6) is 2.62. The number of hydrogen-bond acceptors (Lipinski definition) is 5. The SMILES string of the molecule is COc1ccc(Nc2nccc(NCCC(C)C)n2)cc1Cl. The Bertz CT molecular complexity index is 619. The van der Waals surface area contributed by atoms with E-state index in [2.05, 4.69) is 34.4 Å². The van der Waals surface area contributed by atoms with Crippen molar-refractivity contribution in [3.05, 3.63) is 35.5 Å². The standard InChI is InChI=1S/C16H21ClN4O/c1-11(2)6-8-18-15-7-9-19-16(21-15)20-12-4-5-14(22-3)13(17)10-12/h4-5,7,9-11H,6,8H2,1-3H3,(H2,18,19,20,21). The van der Waals surface area contributed by atoms with E-state index in [1.807, 2.05) is 12.1 Å². The number of halogens is 1. The first kappa shape index (κ1) is 16.4. The molecular formula is C16H21ClN4O. The minimum absolute atomic E-state index is 0.524. The average molecular weight is 321 g/mol. The van der Waals surface area contributed by atoms with Crippen LogP contribution >= 0.6 is 11.6 Å². The quantitative estimate of drug-likeness (QED) is 0.794. The normalized spacial score (nSPS) is 10.6. The summed E-state index contributed by atoms with van der Waals surface area (Å²) < 4.78 is 5.13. The molecular weight excluding hydrogens is 300 g/mol. The van der Waals surface area contributed by atoms with E-state index >= 15 is 0 Å². The minimum Gasteiger partial charge on any atom is -0.495 e. The van der Waals surface area contributed by atoms with Gasteiger partial charge in [-0.2, -0.15) is 4.98 Å². The fourth-order valence-corrected chi connectivity index (χ4v) is 2.14. The van der Waals surface area contributed by atoms with Crippen molar-refractivity contribution >= 4 is 29.1 Å². The first-order valence-corrected chi connectivity index (χ1v) is 7.63. The number of nitrogens with one attached hydrogen (secondary N) is 2. The van der Waals surface area contributed by atoms with Crippen LogP contribution in [0.15, 0.2) is 30.5 Å². The van der Waals surface area contributed by atoms with E-state index in [0.29, 0.717) is 22.6 Å². The van der Waals surface area contributed by atoms with Gasteiger partial charge in [0.05, 0.1) is 12.1 Å². The summed E-state index contributed by atoms with van der Waals surface area (Å²) in [5, 5.41) is 6.97. The monoisotopic (exact) mass is 320 g/mol. The zero-order chi connectivity index (χ0) is 15.9. The molecule has 5 nitrogen and oxygen atoms in total. The van der Waals surface area contributed by atoms with Crippen molar-refractivity contribution in [1.29, 1.82) is 0 Å². The molecule has 0 radical (unpaired) electrons. The van der Waals surface area contributed by atoms with E-state index in [1.165, 1.54) is 0 Å². The summed E-state index contributed by atoms with van der Waals surface area (Å²) >= 11 is 6.11. The molecule has 1 aromatic heterocycles. The molecule has 0 amide bonds. The summed E-state index contributed by atoms with van der Waals surface area (Å²) in [5.41, 5.74) is 0.810. The lowest BCUT2D eigenvalue weighted by atomic mass is 10.1. The van der Waals surface area contributed by atoms with E-state index in [1.54, 1.807) is 25.4 Å². The van der Waals surface area contributed by atoms with Gasteiger partial charge in [-0.15, -0.1) is 0 Å². The molecule has 1 heterocycles. The Balaban J connectivity index is 2.02. The van der Waals surface area contributed by atoms with Crippen LogP contribution in [0.2, 0.25) is 5.02 Å². The molecule has 0 unspecified atom stereocenters. The largest absolute Gasteiger partial charge is 0.495 e. The number of benzene rings is 1. The second-order valence-electron chi connectivity index (χ2n) is 5.35. The van der Waals surface area contributed by atoms with Crippen LogP contribution in [0.3, 0.4) is 0 Å². The van der Waals surface area contributed by atoms with Crippen LogP contribution in [0.1, 0.15) is 20.3 Å². The van der Waals surface area contributed by atoms with Crippen molar-refractivity contribution in [2.45, 2.75) is 20.3 Å². The molecule has 0 saturated heterocycles. The van der Waals surface area contributed by atoms with Gasteiger partial charge in [0, 0.05) is 18.4 Å². The molecule has 6 heteroatoms. The Morgan fingerprint density at radius 3 is 2.77 bits per heavy atom. The first-order valence-electron chi connectivity index (χ1n) is 7.26. The van der Waals surface area contributed by atoms with Crippen molar-refractivity contribution < 1.29 is 4.74 Å². The molecule has 0 fully saturated rings. The van der Waals surface area contributed by atoms with Crippen LogP contribution in [0, 0.1) is 5.92 Å². The number of nitrogens with zero attached hydrogens (tertiary/aromatic N) is 2. The third kappa shape index (κ3) is 4.77. The van der Waals surface area contributed by atoms with E-state index in [-0.39, 0.29) is 0 Å². The van der Waals surface area contributed by atoms with E-state index < -0.39 is 0 Å². The van der Waals surface area contributed by atoms with Gasteiger partial charge in [-0.05, 0) is 36.6 Å². The number of anilines is 3. The maximum atomic E-state index is 6.11. The fraction of sp³-hybridized carbons (Fsp3) is 0.375. The maximum Gasteiger partial charge on any atom is 0.229 e. The second-order valence-corrected chi connectivity index (χ2v) is 5.76. The number of ether oxygens (including phenoxy) is 1. The summed E-state index contributed by atoms with van der Waals surface area (Å²) in [7, 11) is 1.59. The third-order valence-corrected chi connectivity index (χ3v) is 3.39. The van der Waals surface area contributed by atoms with E-state index in [9.17, 15) is 0 Å². The molecule has 22 heavy (non-hydrogen) atoms. The van der Waals surface area contributed by atoms with Gasteiger partial charge in [0.25, 0.3) is 0 Å². The molecule has 0 atom stereocenters. The number of aromatic nitrogens is 2. The zero-order valence-corrected chi connectivity index (χ0v) is 13.8. The maximum absolute atomic E-state index is 6.11. The van der Waals surface area contributed by atoms with Crippen molar-refractivity contribution in [1.82, 2.24) is 9.97 Å². The van der Waals surface area contributed by atoms with Gasteiger partial charge >= 0.3 is 0 Å². The van der Waals surface area contributed by atoms with Crippen LogP contribution in [0.25, 0.3) is 0 Å². The van der Waals surface area contributed by atoms with Crippen LogP contribution in [-0.2, 0) is 0 Å². The Labute approximate surface area is 136 Å². The van der Waals surface area contributed by atoms with Gasteiger partial charge in [-0.25, -0.2) is 4.98 Å². The summed E-state index contributed by atoms with van der Waals surface area (Å²) in [6, 6.07) is 7.30. The molecule has 0 saturated carbocycles. The van der Waals surface area contributed by atoms with Crippen LogP contribution in [-0.4, -0.2) is 23.6 Å². The molecule has 1 aromatic carbocycles. The van der Waals surface area contributed by atoms with Gasteiger partial charge in [-0.3, -0.25) is 0 Å². The van der Waals surface area contributed by atoms with Gasteiger partial charge < -0.3 is 15.4 Å². The predicted molar refractivity (Wildman–Crippen MR) is 91.3 cm³/mol. The Morgan fingerprint density at radius 1 is 1.27 bits per heavy atom. The molecule has 0 aliphatic heterocycles. The summed E-state index contributed by atoms with van der Waals surface area (Å²) in [4.78, 5) is 8.64. The molecule has 0 aliphatic rings. The molecule has 0 spiro atoms. The van der Waals surface area contributed by atoms with Crippen molar-refractivity contribution in [2.24, 2.45) is 5.92 Å². The smallest absolute Gasteiger partial charge is 0.229 e. The predicted octanol–water partition coefficient (Wildman–Crippen LogP) is 4.34. The lowest BCUT2D eigenvalue weighted by Crippen LogP contribution is -2.07. The summed E-state index contributed by atoms with van der Waals surface area (Å²) in [6.07, 6.45) is 2.82. The van der Waals surface area contributed by atoms with Crippen LogP contribution in [0.4, 0.5) is 17.5 Å². The number of methoxy groups -OCH3 is 1. The molecule has 2 N–H and O–H groups in total. The molecule has 0 aliphatic carbocycles. The van der Waals surface area contributed by atoms with Crippen molar-refractivity contribution in [3.63, 3.8) is 0 Å². The highest BCUT2D eigenvalue weighted by Gasteiger charge is 2.04. The van der Waals surface area contributed by atoms with Gasteiger partial charge in [0.2, 0.25) is 5.95 Å². The van der Waals surface area contributed by atoms with Gasteiger partial charge in [-0.1, -0.05) is 25.4 Å². The van der Waals surface area contributed by atoms with Crippen LogP contribution in [0.5, 0.6) is 5.75 Å². The van der Waals surface area contributed by atoms with E-state index in [4.69, 9.17) is 16.3 Å². The highest BCUT2D eigenvalue weighted by Crippen LogP contribution is 2.28. The minimum atomic E-state index is 0.524. The zero-order valence-electron chi connectivity index (χ0n) is 13.1. The molecule has 118 valence electrons. The Kier molecular flexibility index (Phi) is 5.83. The topological polar surface area (TPSA) is 59.1 Å². The van der Waals surface area contributed by atoms with Gasteiger partial charge in [0.1, 0.15) is 11.6 Å². The molecule has 2 aromatic rings. The lowest BCUT2D eigenvalue weighted by molar-refractivity contribution is 0.415. The first-order chi connectivity index (χ1) is 10.6. The van der Waals surface area contributed by atoms with Gasteiger partial charge in [0.15, 0.2) is 0 Å². The average Bonchev–Trinajstić information content (AvgIpc) is 2.47. The van der Waals surface area contributed by atoms with E-state index in [0.717, 1.165) is 24.5 Å². The summed E-state index contributed by atoms with van der Waals surface area (Å²) in [6.45, 7) is 5.28. The third-order valence-electron chi connectivity index (χ3n) is 3.09. The highest BCUT2D eigenvalue weighted by atomic mass is 35.5. The fourth-order valence-electron chi connectivity index (χ4n) is 1.88.